The number of H-pyrrole nitrogens is 1. The highest BCUT2D eigenvalue weighted by Gasteiger charge is 2.17. The lowest BCUT2D eigenvalue weighted by Crippen LogP contribution is -2.47. The predicted molar refractivity (Wildman–Crippen MR) is 99.9 cm³/mol. The van der Waals surface area contributed by atoms with E-state index in [0.717, 1.165) is 55.2 Å². The molecule has 0 bridgehead atoms. The van der Waals surface area contributed by atoms with Crippen molar-refractivity contribution in [3.05, 3.63) is 59.4 Å². The Kier molecular flexibility index (Phi) is 4.41. The molecule has 3 aromatic rings. The standard InChI is InChI=1S/C19H21ClN4/c20-16-2-1-3-17(13-16)24-10-8-23(9-11-24)7-6-15-4-5-18-19(12-15)22-14-21-18/h1-5,12-14H,6-11H2,(H,21,22). The molecule has 4 nitrogen and oxygen atoms in total. The van der Waals surface area contributed by atoms with Crippen molar-refractivity contribution < 1.29 is 0 Å². The Balaban J connectivity index is 1.31. The molecule has 1 aliphatic heterocycles. The topological polar surface area (TPSA) is 35.2 Å². The highest BCUT2D eigenvalue weighted by molar-refractivity contribution is 6.30. The van der Waals surface area contributed by atoms with Gasteiger partial charge in [-0.3, -0.25) is 4.90 Å². The molecule has 24 heavy (non-hydrogen) atoms. The first-order valence-corrected chi connectivity index (χ1v) is 8.81. The van der Waals surface area contributed by atoms with Crippen molar-refractivity contribution in [2.24, 2.45) is 0 Å². The van der Waals surface area contributed by atoms with E-state index < -0.39 is 0 Å². The summed E-state index contributed by atoms with van der Waals surface area (Å²) in [5, 5.41) is 0.809. The van der Waals surface area contributed by atoms with Crippen LogP contribution in [0.3, 0.4) is 0 Å². The highest BCUT2D eigenvalue weighted by Crippen LogP contribution is 2.21. The third-order valence-corrected chi connectivity index (χ3v) is 4.98. The quantitative estimate of drug-likeness (QED) is 0.788. The van der Waals surface area contributed by atoms with Crippen LogP contribution in [0.4, 0.5) is 5.69 Å². The van der Waals surface area contributed by atoms with E-state index in [1.165, 1.54) is 11.3 Å². The van der Waals surface area contributed by atoms with Gasteiger partial charge in [-0.15, -0.1) is 0 Å². The van der Waals surface area contributed by atoms with Gasteiger partial charge in [0, 0.05) is 43.4 Å². The van der Waals surface area contributed by atoms with Crippen LogP contribution >= 0.6 is 11.6 Å². The molecule has 5 heteroatoms. The van der Waals surface area contributed by atoms with Crippen LogP contribution in [-0.2, 0) is 6.42 Å². The Bertz CT molecular complexity index is 821. The van der Waals surface area contributed by atoms with Gasteiger partial charge in [0.1, 0.15) is 0 Å². The number of aromatic amines is 1. The lowest BCUT2D eigenvalue weighted by molar-refractivity contribution is 0.261. The summed E-state index contributed by atoms with van der Waals surface area (Å²) in [6, 6.07) is 14.6. The zero-order chi connectivity index (χ0) is 16.4. The zero-order valence-corrected chi connectivity index (χ0v) is 14.3. The smallest absolute Gasteiger partial charge is 0.0931 e. The minimum absolute atomic E-state index is 0.809. The van der Waals surface area contributed by atoms with E-state index in [0.29, 0.717) is 0 Å². The number of anilines is 1. The fourth-order valence-electron chi connectivity index (χ4n) is 3.33. The summed E-state index contributed by atoms with van der Waals surface area (Å²) in [7, 11) is 0. The summed E-state index contributed by atoms with van der Waals surface area (Å²) in [5.41, 5.74) is 4.75. The average molecular weight is 341 g/mol. The highest BCUT2D eigenvalue weighted by atomic mass is 35.5. The Labute approximate surface area is 147 Å². The summed E-state index contributed by atoms with van der Waals surface area (Å²) >= 11 is 6.10. The van der Waals surface area contributed by atoms with Crippen molar-refractivity contribution in [1.82, 2.24) is 14.9 Å². The number of hydrogen-bond acceptors (Lipinski definition) is 3. The molecule has 1 N–H and O–H groups in total. The molecule has 1 aromatic heterocycles. The summed E-state index contributed by atoms with van der Waals surface area (Å²) in [6.07, 6.45) is 2.83. The lowest BCUT2D eigenvalue weighted by atomic mass is 10.1. The van der Waals surface area contributed by atoms with Crippen LogP contribution in [-0.4, -0.2) is 47.6 Å². The molecule has 124 valence electrons. The molecule has 0 atom stereocenters. The lowest BCUT2D eigenvalue weighted by Gasteiger charge is -2.36. The number of fused-ring (bicyclic) bond motifs is 1. The fraction of sp³-hybridized carbons (Fsp3) is 0.316. The van der Waals surface area contributed by atoms with Crippen molar-refractivity contribution in [1.29, 1.82) is 0 Å². The molecule has 4 rings (SSSR count). The van der Waals surface area contributed by atoms with Crippen LogP contribution < -0.4 is 4.90 Å². The first-order chi connectivity index (χ1) is 11.8. The largest absolute Gasteiger partial charge is 0.369 e. The van der Waals surface area contributed by atoms with Crippen molar-refractivity contribution in [3.63, 3.8) is 0 Å². The summed E-state index contributed by atoms with van der Waals surface area (Å²) in [4.78, 5) is 12.4. The third-order valence-electron chi connectivity index (χ3n) is 4.75. The van der Waals surface area contributed by atoms with Gasteiger partial charge in [-0.2, -0.15) is 0 Å². The van der Waals surface area contributed by atoms with E-state index in [-0.39, 0.29) is 0 Å². The zero-order valence-electron chi connectivity index (χ0n) is 13.6. The molecule has 0 unspecified atom stereocenters. The number of piperazine rings is 1. The molecule has 2 heterocycles. The second-order valence-corrected chi connectivity index (χ2v) is 6.75. The normalized spacial score (nSPS) is 16.0. The van der Waals surface area contributed by atoms with E-state index in [9.17, 15) is 0 Å². The van der Waals surface area contributed by atoms with Gasteiger partial charge in [0.2, 0.25) is 0 Å². The van der Waals surface area contributed by atoms with Crippen molar-refractivity contribution >= 4 is 28.3 Å². The number of nitrogens with one attached hydrogen (secondary N) is 1. The minimum atomic E-state index is 0.809. The maximum atomic E-state index is 6.10. The van der Waals surface area contributed by atoms with Crippen LogP contribution in [0, 0.1) is 0 Å². The van der Waals surface area contributed by atoms with E-state index in [4.69, 9.17) is 11.6 Å². The maximum Gasteiger partial charge on any atom is 0.0931 e. The van der Waals surface area contributed by atoms with Crippen LogP contribution in [0.15, 0.2) is 48.8 Å². The number of aromatic nitrogens is 2. The second-order valence-electron chi connectivity index (χ2n) is 6.31. The molecular formula is C19H21ClN4. The van der Waals surface area contributed by atoms with E-state index in [1.54, 1.807) is 6.33 Å². The van der Waals surface area contributed by atoms with Gasteiger partial charge < -0.3 is 9.88 Å². The molecule has 2 aromatic carbocycles. The number of hydrogen-bond donors (Lipinski definition) is 1. The monoisotopic (exact) mass is 340 g/mol. The van der Waals surface area contributed by atoms with E-state index in [1.807, 2.05) is 12.1 Å². The van der Waals surface area contributed by atoms with Crippen molar-refractivity contribution in [2.75, 3.05) is 37.6 Å². The van der Waals surface area contributed by atoms with Crippen LogP contribution in [0.2, 0.25) is 5.02 Å². The van der Waals surface area contributed by atoms with Crippen molar-refractivity contribution in [2.45, 2.75) is 6.42 Å². The number of rotatable bonds is 4. The first kappa shape index (κ1) is 15.5. The summed E-state index contributed by atoms with van der Waals surface area (Å²) in [6.45, 7) is 5.40. The van der Waals surface area contributed by atoms with Gasteiger partial charge in [0.15, 0.2) is 0 Å². The predicted octanol–water partition coefficient (Wildman–Crippen LogP) is 3.58. The number of imidazole rings is 1. The maximum absolute atomic E-state index is 6.10. The van der Waals surface area contributed by atoms with Gasteiger partial charge in [-0.05, 0) is 42.3 Å². The Morgan fingerprint density at radius 3 is 2.75 bits per heavy atom. The van der Waals surface area contributed by atoms with E-state index >= 15 is 0 Å². The molecule has 0 amide bonds. The third kappa shape index (κ3) is 3.40. The molecule has 0 saturated carbocycles. The van der Waals surface area contributed by atoms with Crippen LogP contribution in [0.1, 0.15) is 5.56 Å². The summed E-state index contributed by atoms with van der Waals surface area (Å²) in [5.74, 6) is 0. The molecule has 0 aliphatic carbocycles. The number of nitrogens with zero attached hydrogens (tertiary/aromatic N) is 3. The van der Waals surface area contributed by atoms with Gasteiger partial charge in [-0.25, -0.2) is 4.98 Å². The summed E-state index contributed by atoms with van der Waals surface area (Å²) < 4.78 is 0. The molecular weight excluding hydrogens is 320 g/mol. The van der Waals surface area contributed by atoms with Gasteiger partial charge in [0.05, 0.1) is 17.4 Å². The van der Waals surface area contributed by atoms with Gasteiger partial charge in [-0.1, -0.05) is 23.7 Å². The molecule has 1 saturated heterocycles. The Morgan fingerprint density at radius 1 is 1.04 bits per heavy atom. The van der Waals surface area contributed by atoms with Crippen LogP contribution in [0.5, 0.6) is 0 Å². The number of halogens is 1. The first-order valence-electron chi connectivity index (χ1n) is 8.43. The Hall–Kier alpha value is -2.04. The van der Waals surface area contributed by atoms with Crippen LogP contribution in [0.25, 0.3) is 11.0 Å². The fourth-order valence-corrected chi connectivity index (χ4v) is 3.51. The van der Waals surface area contributed by atoms with Crippen molar-refractivity contribution in [3.8, 4) is 0 Å². The SMILES string of the molecule is Clc1cccc(N2CCN(CCc3ccc4nc[nH]c4c3)CC2)c1. The average Bonchev–Trinajstić information content (AvgIpc) is 3.08. The molecule has 1 fully saturated rings. The molecule has 1 aliphatic rings. The van der Waals surface area contributed by atoms with E-state index in [2.05, 4.69) is 50.1 Å². The molecule has 0 spiro atoms. The Morgan fingerprint density at radius 2 is 1.92 bits per heavy atom. The molecule has 0 radical (unpaired) electrons. The van der Waals surface area contributed by atoms with Gasteiger partial charge in [0.25, 0.3) is 0 Å². The minimum Gasteiger partial charge on any atom is -0.369 e. The van der Waals surface area contributed by atoms with Gasteiger partial charge >= 0.3 is 0 Å². The number of benzene rings is 2. The second kappa shape index (κ2) is 6.83.